The predicted molar refractivity (Wildman–Crippen MR) is 76.0 cm³/mol. The maximum Gasteiger partial charge on any atom is 0.330 e. The summed E-state index contributed by atoms with van der Waals surface area (Å²) in [5.74, 6) is 0.361. The van der Waals surface area contributed by atoms with E-state index in [9.17, 15) is 9.90 Å². The molecule has 1 N–H and O–H groups in total. The molecule has 110 valence electrons. The molecule has 0 fully saturated rings. The van der Waals surface area contributed by atoms with E-state index in [1.165, 1.54) is 20.3 Å². The van der Waals surface area contributed by atoms with E-state index < -0.39 is 5.97 Å². The number of aromatic hydroxyl groups is 1. The second kappa shape index (κ2) is 7.43. The molecular weight excluding hydrogens is 260 g/mol. The average Bonchev–Trinajstić information content (AvgIpc) is 2.43. The third-order valence-corrected chi connectivity index (χ3v) is 2.47. The first-order chi connectivity index (χ1) is 9.47. The van der Waals surface area contributed by atoms with E-state index in [0.717, 1.165) is 0 Å². The van der Waals surface area contributed by atoms with Crippen LogP contribution in [-0.4, -0.2) is 31.9 Å². The molecule has 0 atom stereocenters. The van der Waals surface area contributed by atoms with E-state index in [1.54, 1.807) is 18.2 Å². The van der Waals surface area contributed by atoms with Gasteiger partial charge in [0.25, 0.3) is 0 Å². The first-order valence-electron chi connectivity index (χ1n) is 6.27. The molecule has 0 saturated heterocycles. The largest absolute Gasteiger partial charge is 0.502 e. The Morgan fingerprint density at radius 3 is 2.25 bits per heavy atom. The molecule has 0 aromatic heterocycles. The first-order valence-corrected chi connectivity index (χ1v) is 6.27. The molecule has 1 aromatic carbocycles. The van der Waals surface area contributed by atoms with Crippen molar-refractivity contribution in [3.8, 4) is 17.2 Å². The highest BCUT2D eigenvalue weighted by molar-refractivity contribution is 5.87. The highest BCUT2D eigenvalue weighted by Gasteiger charge is 2.10. The van der Waals surface area contributed by atoms with Crippen LogP contribution in [0.2, 0.25) is 0 Å². The van der Waals surface area contributed by atoms with Crippen LogP contribution in [0.1, 0.15) is 19.4 Å². The normalized spacial score (nSPS) is 10.8. The van der Waals surface area contributed by atoms with Crippen LogP contribution in [0.5, 0.6) is 17.2 Å². The minimum Gasteiger partial charge on any atom is -0.502 e. The van der Waals surface area contributed by atoms with Gasteiger partial charge < -0.3 is 19.3 Å². The molecule has 0 aliphatic rings. The SMILES string of the molecule is COc1cc(C=CC(=O)OCC(C)C)cc(OC)c1O. The van der Waals surface area contributed by atoms with Crippen molar-refractivity contribution < 1.29 is 24.1 Å². The molecule has 5 nitrogen and oxygen atoms in total. The molecule has 0 radical (unpaired) electrons. The van der Waals surface area contributed by atoms with Crippen LogP contribution in [0.15, 0.2) is 18.2 Å². The quantitative estimate of drug-likeness (QED) is 0.641. The summed E-state index contributed by atoms with van der Waals surface area (Å²) in [6.07, 6.45) is 2.90. The van der Waals surface area contributed by atoms with E-state index in [1.807, 2.05) is 13.8 Å². The molecule has 0 aliphatic carbocycles. The zero-order valence-corrected chi connectivity index (χ0v) is 12.2. The van der Waals surface area contributed by atoms with Gasteiger partial charge in [0, 0.05) is 6.08 Å². The van der Waals surface area contributed by atoms with Crippen LogP contribution in [-0.2, 0) is 9.53 Å². The van der Waals surface area contributed by atoms with Crippen molar-refractivity contribution in [3.63, 3.8) is 0 Å². The van der Waals surface area contributed by atoms with E-state index in [-0.39, 0.29) is 17.2 Å². The Morgan fingerprint density at radius 1 is 1.25 bits per heavy atom. The minimum absolute atomic E-state index is 0.0745. The van der Waals surface area contributed by atoms with Gasteiger partial charge >= 0.3 is 5.97 Å². The standard InChI is InChI=1S/C15H20O5/c1-10(2)9-20-14(16)6-5-11-7-12(18-3)15(17)13(8-11)19-4/h5-8,10,17H,9H2,1-4H3. The molecule has 0 heterocycles. The van der Waals surface area contributed by atoms with Crippen molar-refractivity contribution in [3.05, 3.63) is 23.8 Å². The molecular formula is C15H20O5. The van der Waals surface area contributed by atoms with Gasteiger partial charge in [-0.25, -0.2) is 4.79 Å². The van der Waals surface area contributed by atoms with Crippen LogP contribution in [0.25, 0.3) is 6.08 Å². The van der Waals surface area contributed by atoms with Gasteiger partial charge in [-0.1, -0.05) is 13.8 Å². The molecule has 0 aliphatic heterocycles. The van der Waals surface area contributed by atoms with Gasteiger partial charge in [0.1, 0.15) is 0 Å². The fraction of sp³-hybridized carbons (Fsp3) is 0.400. The molecule has 0 spiro atoms. The highest BCUT2D eigenvalue weighted by atomic mass is 16.5. The zero-order chi connectivity index (χ0) is 15.1. The van der Waals surface area contributed by atoms with Gasteiger partial charge in [0.15, 0.2) is 11.5 Å². The smallest absolute Gasteiger partial charge is 0.330 e. The van der Waals surface area contributed by atoms with Crippen LogP contribution in [0.3, 0.4) is 0 Å². The second-order valence-corrected chi connectivity index (χ2v) is 4.63. The Morgan fingerprint density at radius 2 is 1.80 bits per heavy atom. The summed E-state index contributed by atoms with van der Waals surface area (Å²) in [7, 11) is 2.89. The maximum absolute atomic E-state index is 11.5. The number of phenolic OH excluding ortho intramolecular Hbond substituents is 1. The monoisotopic (exact) mass is 280 g/mol. The lowest BCUT2D eigenvalue weighted by Crippen LogP contribution is -2.06. The van der Waals surface area contributed by atoms with Gasteiger partial charge in [-0.15, -0.1) is 0 Å². The molecule has 20 heavy (non-hydrogen) atoms. The van der Waals surface area contributed by atoms with Crippen molar-refractivity contribution in [2.75, 3.05) is 20.8 Å². The number of esters is 1. The van der Waals surface area contributed by atoms with Gasteiger partial charge in [-0.05, 0) is 29.7 Å². The zero-order valence-electron chi connectivity index (χ0n) is 12.2. The Hall–Kier alpha value is -2.17. The third-order valence-electron chi connectivity index (χ3n) is 2.47. The summed E-state index contributed by atoms with van der Waals surface area (Å²) in [5, 5.41) is 9.77. The molecule has 0 saturated carbocycles. The van der Waals surface area contributed by atoms with Crippen LogP contribution in [0, 0.1) is 5.92 Å². The highest BCUT2D eigenvalue weighted by Crippen LogP contribution is 2.37. The Labute approximate surface area is 118 Å². The van der Waals surface area contributed by atoms with Gasteiger partial charge in [0.2, 0.25) is 5.75 Å². The van der Waals surface area contributed by atoms with Crippen molar-refractivity contribution in [2.45, 2.75) is 13.8 Å². The fourth-order valence-corrected chi connectivity index (χ4v) is 1.47. The Balaban J connectivity index is 2.84. The minimum atomic E-state index is -0.412. The van der Waals surface area contributed by atoms with E-state index in [0.29, 0.717) is 18.1 Å². The molecule has 5 heteroatoms. The molecule has 0 unspecified atom stereocenters. The van der Waals surface area contributed by atoms with Crippen LogP contribution in [0.4, 0.5) is 0 Å². The lowest BCUT2D eigenvalue weighted by atomic mass is 10.1. The number of carbonyl (C=O) groups excluding carboxylic acids is 1. The summed E-state index contributed by atoms with van der Waals surface area (Å²) in [5.41, 5.74) is 0.665. The second-order valence-electron chi connectivity index (χ2n) is 4.63. The van der Waals surface area contributed by atoms with Crippen molar-refractivity contribution in [2.24, 2.45) is 5.92 Å². The number of methoxy groups -OCH3 is 2. The van der Waals surface area contributed by atoms with Gasteiger partial charge in [-0.2, -0.15) is 0 Å². The number of rotatable bonds is 6. The van der Waals surface area contributed by atoms with E-state index in [2.05, 4.69) is 0 Å². The van der Waals surface area contributed by atoms with Crippen LogP contribution < -0.4 is 9.47 Å². The summed E-state index contributed by atoms with van der Waals surface area (Å²) in [4.78, 5) is 11.5. The number of ether oxygens (including phenoxy) is 3. The number of hydrogen-bond acceptors (Lipinski definition) is 5. The van der Waals surface area contributed by atoms with Gasteiger partial charge in [0.05, 0.1) is 20.8 Å². The van der Waals surface area contributed by atoms with E-state index >= 15 is 0 Å². The lowest BCUT2D eigenvalue weighted by Gasteiger charge is -2.09. The topological polar surface area (TPSA) is 65.0 Å². The van der Waals surface area contributed by atoms with Crippen molar-refractivity contribution >= 4 is 12.0 Å². The van der Waals surface area contributed by atoms with Crippen LogP contribution >= 0.6 is 0 Å². The molecule has 0 amide bonds. The van der Waals surface area contributed by atoms with Crippen molar-refractivity contribution in [1.82, 2.24) is 0 Å². The number of hydrogen-bond donors (Lipinski definition) is 1. The van der Waals surface area contributed by atoms with E-state index in [4.69, 9.17) is 14.2 Å². The average molecular weight is 280 g/mol. The summed E-state index contributed by atoms with van der Waals surface area (Å²) < 4.78 is 15.1. The number of benzene rings is 1. The molecule has 0 bridgehead atoms. The number of phenols is 1. The lowest BCUT2D eigenvalue weighted by molar-refractivity contribution is -0.138. The molecule has 1 aromatic rings. The summed E-state index contributed by atoms with van der Waals surface area (Å²) in [6, 6.07) is 3.20. The third kappa shape index (κ3) is 4.50. The predicted octanol–water partition coefficient (Wildman–Crippen LogP) is 2.62. The Kier molecular flexibility index (Phi) is 5.90. The maximum atomic E-state index is 11.5. The first kappa shape index (κ1) is 15.9. The summed E-state index contributed by atoms with van der Waals surface area (Å²) >= 11 is 0. The Bertz CT molecular complexity index is 466. The van der Waals surface area contributed by atoms with Crippen molar-refractivity contribution in [1.29, 1.82) is 0 Å². The molecule has 1 rings (SSSR count). The fourth-order valence-electron chi connectivity index (χ4n) is 1.47. The summed E-state index contributed by atoms with van der Waals surface area (Å²) in [6.45, 7) is 4.31. The number of carbonyl (C=O) groups is 1. The van der Waals surface area contributed by atoms with Gasteiger partial charge in [-0.3, -0.25) is 0 Å².